The van der Waals surface area contributed by atoms with E-state index < -0.39 is 0 Å². The Labute approximate surface area is 94.9 Å². The first-order chi connectivity index (χ1) is 6.81. The minimum absolute atomic E-state index is 0.0547. The summed E-state index contributed by atoms with van der Waals surface area (Å²) in [6.45, 7) is 13.8. The average Bonchev–Trinajstić information content (AvgIpc) is 1.99. The van der Waals surface area contributed by atoms with Crippen LogP contribution in [0.3, 0.4) is 0 Å². The quantitative estimate of drug-likeness (QED) is 0.617. The lowest BCUT2D eigenvalue weighted by molar-refractivity contribution is 0.581. The molecule has 0 aliphatic carbocycles. The van der Waals surface area contributed by atoms with Crippen LogP contribution in [0, 0.1) is 5.92 Å². The molecular formula is C13H26N2. The molecule has 2 heteroatoms. The summed E-state index contributed by atoms with van der Waals surface area (Å²) in [5.41, 5.74) is 1.28. The van der Waals surface area contributed by atoms with Gasteiger partial charge in [0.15, 0.2) is 0 Å². The highest BCUT2D eigenvalue weighted by Crippen LogP contribution is 2.08. The molecule has 0 aromatic heterocycles. The van der Waals surface area contributed by atoms with Gasteiger partial charge < -0.3 is 0 Å². The van der Waals surface area contributed by atoms with Crippen LogP contribution in [-0.4, -0.2) is 24.0 Å². The highest BCUT2D eigenvalue weighted by atomic mass is 14.8. The van der Waals surface area contributed by atoms with E-state index >= 15 is 0 Å². The molecule has 0 heterocycles. The molecular weight excluding hydrogens is 184 g/mol. The molecule has 0 saturated carbocycles. The molecule has 15 heavy (non-hydrogen) atoms. The van der Waals surface area contributed by atoms with Crippen molar-refractivity contribution < 1.29 is 0 Å². The number of hydrogen-bond acceptors (Lipinski definition) is 2. The van der Waals surface area contributed by atoms with Gasteiger partial charge in [0.2, 0.25) is 0 Å². The van der Waals surface area contributed by atoms with Gasteiger partial charge in [-0.25, -0.2) is 0 Å². The van der Waals surface area contributed by atoms with Crippen molar-refractivity contribution in [3.63, 3.8) is 0 Å². The Hall–Kier alpha value is -0.660. The van der Waals surface area contributed by atoms with E-state index in [4.69, 9.17) is 0 Å². The van der Waals surface area contributed by atoms with Gasteiger partial charge in [0.1, 0.15) is 0 Å². The molecule has 0 saturated heterocycles. The summed E-state index contributed by atoms with van der Waals surface area (Å²) in [6.07, 6.45) is 4.07. The first-order valence-corrected chi connectivity index (χ1v) is 5.85. The smallest absolute Gasteiger partial charge is 0.0523 e. The zero-order valence-corrected chi connectivity index (χ0v) is 11.2. The van der Waals surface area contributed by atoms with Crippen molar-refractivity contribution in [1.29, 1.82) is 0 Å². The zero-order chi connectivity index (χ0) is 11.9. The standard InChI is InChI=1S/C13H26N2/c1-11(2)10-14-9-7-8-12(3)15-13(4,5)6/h9,11H,7-8,10H2,1-6H3. The highest BCUT2D eigenvalue weighted by Gasteiger charge is 2.06. The Balaban J connectivity index is 3.77. The van der Waals surface area contributed by atoms with E-state index in [2.05, 4.69) is 51.5 Å². The van der Waals surface area contributed by atoms with E-state index in [1.54, 1.807) is 0 Å². The molecule has 0 N–H and O–H groups in total. The number of hydrogen-bond donors (Lipinski definition) is 0. The Morgan fingerprint density at radius 1 is 1.27 bits per heavy atom. The van der Waals surface area contributed by atoms with Crippen molar-refractivity contribution in [3.8, 4) is 0 Å². The van der Waals surface area contributed by atoms with Crippen LogP contribution in [0.5, 0.6) is 0 Å². The number of nitrogens with zero attached hydrogens (tertiary/aromatic N) is 2. The second-order valence-corrected chi connectivity index (χ2v) is 5.50. The van der Waals surface area contributed by atoms with Gasteiger partial charge in [0.05, 0.1) is 5.54 Å². The van der Waals surface area contributed by atoms with Crippen LogP contribution in [0.25, 0.3) is 0 Å². The van der Waals surface area contributed by atoms with Gasteiger partial charge >= 0.3 is 0 Å². The van der Waals surface area contributed by atoms with Crippen molar-refractivity contribution in [3.05, 3.63) is 0 Å². The van der Waals surface area contributed by atoms with Crippen molar-refractivity contribution in [2.24, 2.45) is 15.9 Å². The molecule has 88 valence electrons. The normalized spacial score (nSPS) is 14.2. The van der Waals surface area contributed by atoms with Crippen LogP contribution in [-0.2, 0) is 0 Å². The molecule has 0 aliphatic heterocycles. The maximum absolute atomic E-state index is 4.60. The summed E-state index contributed by atoms with van der Waals surface area (Å²) in [5.74, 6) is 0.658. The van der Waals surface area contributed by atoms with Gasteiger partial charge in [-0.05, 0) is 52.7 Å². The van der Waals surface area contributed by atoms with E-state index in [1.807, 2.05) is 6.21 Å². The molecule has 0 amide bonds. The van der Waals surface area contributed by atoms with Gasteiger partial charge in [-0.1, -0.05) is 13.8 Å². The third kappa shape index (κ3) is 11.3. The summed E-state index contributed by atoms with van der Waals surface area (Å²) in [7, 11) is 0. The third-order valence-electron chi connectivity index (χ3n) is 1.76. The average molecular weight is 210 g/mol. The van der Waals surface area contributed by atoms with Gasteiger partial charge in [-0.15, -0.1) is 0 Å². The van der Waals surface area contributed by atoms with Crippen molar-refractivity contribution in [1.82, 2.24) is 0 Å². The fourth-order valence-corrected chi connectivity index (χ4v) is 1.28. The molecule has 0 aromatic carbocycles. The summed E-state index contributed by atoms with van der Waals surface area (Å²) in [4.78, 5) is 8.96. The van der Waals surface area contributed by atoms with Crippen LogP contribution in [0.15, 0.2) is 9.98 Å². The molecule has 0 fully saturated rings. The van der Waals surface area contributed by atoms with Crippen LogP contribution in [0.4, 0.5) is 0 Å². The van der Waals surface area contributed by atoms with Crippen LogP contribution in [0.1, 0.15) is 54.4 Å². The number of rotatable bonds is 5. The molecule has 0 aromatic rings. The van der Waals surface area contributed by atoms with Crippen molar-refractivity contribution >= 4 is 11.9 Å². The fourth-order valence-electron chi connectivity index (χ4n) is 1.28. The third-order valence-corrected chi connectivity index (χ3v) is 1.76. The molecule has 0 aliphatic rings. The van der Waals surface area contributed by atoms with Crippen LogP contribution < -0.4 is 0 Å². The predicted molar refractivity (Wildman–Crippen MR) is 70.3 cm³/mol. The van der Waals surface area contributed by atoms with Crippen molar-refractivity contribution in [2.45, 2.75) is 59.9 Å². The largest absolute Gasteiger partial charge is 0.297 e. The van der Waals surface area contributed by atoms with E-state index in [0.29, 0.717) is 5.92 Å². The van der Waals surface area contributed by atoms with Gasteiger partial charge in [-0.2, -0.15) is 0 Å². The summed E-state index contributed by atoms with van der Waals surface area (Å²) >= 11 is 0. The number of aliphatic imine (C=N–C) groups is 2. The first-order valence-electron chi connectivity index (χ1n) is 5.85. The molecule has 0 spiro atoms. The second kappa shape index (κ2) is 6.76. The lowest BCUT2D eigenvalue weighted by atomic mass is 10.1. The van der Waals surface area contributed by atoms with Gasteiger partial charge in [0.25, 0.3) is 0 Å². The first kappa shape index (κ1) is 14.3. The van der Waals surface area contributed by atoms with E-state index in [1.165, 1.54) is 5.71 Å². The van der Waals surface area contributed by atoms with E-state index in [9.17, 15) is 0 Å². The Morgan fingerprint density at radius 3 is 2.33 bits per heavy atom. The molecule has 2 nitrogen and oxygen atoms in total. The predicted octanol–water partition coefficient (Wildman–Crippen LogP) is 3.75. The Kier molecular flexibility index (Phi) is 6.46. The summed E-state index contributed by atoms with van der Waals surface area (Å²) in [6, 6.07) is 0. The van der Waals surface area contributed by atoms with Crippen molar-refractivity contribution in [2.75, 3.05) is 6.54 Å². The van der Waals surface area contributed by atoms with Crippen LogP contribution >= 0.6 is 0 Å². The minimum atomic E-state index is 0.0547. The molecule has 0 rings (SSSR count). The Morgan fingerprint density at radius 2 is 1.87 bits per heavy atom. The summed E-state index contributed by atoms with van der Waals surface area (Å²) < 4.78 is 0. The Bertz CT molecular complexity index is 219. The van der Waals surface area contributed by atoms with Gasteiger partial charge in [0, 0.05) is 12.3 Å². The maximum atomic E-state index is 4.60. The minimum Gasteiger partial charge on any atom is -0.297 e. The van der Waals surface area contributed by atoms with Crippen LogP contribution in [0.2, 0.25) is 0 Å². The molecule has 0 bridgehead atoms. The molecule has 0 radical (unpaired) electrons. The SMILES string of the molecule is CC(CCC=NCC(C)C)=NC(C)(C)C. The van der Waals surface area contributed by atoms with E-state index in [-0.39, 0.29) is 5.54 Å². The fraction of sp³-hybridized carbons (Fsp3) is 0.846. The van der Waals surface area contributed by atoms with Gasteiger partial charge in [-0.3, -0.25) is 9.98 Å². The topological polar surface area (TPSA) is 24.7 Å². The highest BCUT2D eigenvalue weighted by molar-refractivity contribution is 5.84. The lowest BCUT2D eigenvalue weighted by Crippen LogP contribution is -2.12. The maximum Gasteiger partial charge on any atom is 0.0523 e. The zero-order valence-electron chi connectivity index (χ0n) is 11.2. The second-order valence-electron chi connectivity index (χ2n) is 5.50. The molecule has 0 atom stereocenters. The summed E-state index contributed by atoms with van der Waals surface area (Å²) in [5, 5.41) is 0. The van der Waals surface area contributed by atoms with E-state index in [0.717, 1.165) is 19.4 Å². The molecule has 0 unspecified atom stereocenters. The lowest BCUT2D eigenvalue weighted by Gasteiger charge is -2.13. The monoisotopic (exact) mass is 210 g/mol.